The van der Waals surface area contributed by atoms with E-state index in [1.54, 1.807) is 18.2 Å². The highest BCUT2D eigenvalue weighted by molar-refractivity contribution is 5.92. The molecule has 0 amide bonds. The highest BCUT2D eigenvalue weighted by Crippen LogP contribution is 2.40. The van der Waals surface area contributed by atoms with Crippen LogP contribution in [-0.2, 0) is 16.0 Å². The molecule has 3 rings (SSSR count). The largest absolute Gasteiger partial charge is 0.481 e. The average molecular weight is 315 g/mol. The Bertz CT molecular complexity index is 842. The number of carboxylic acids is 1. The van der Waals surface area contributed by atoms with Crippen LogP contribution in [0.25, 0.3) is 5.69 Å². The van der Waals surface area contributed by atoms with Gasteiger partial charge in [0.05, 0.1) is 11.6 Å². The second-order valence-electron chi connectivity index (χ2n) is 5.61. The molecule has 0 unspecified atom stereocenters. The number of benzene rings is 1. The van der Waals surface area contributed by atoms with E-state index in [9.17, 15) is 18.8 Å². The molecule has 1 aliphatic carbocycles. The lowest BCUT2D eigenvalue weighted by molar-refractivity contribution is -0.140. The number of aromatic nitrogens is 1. The Morgan fingerprint density at radius 3 is 2.61 bits per heavy atom. The zero-order valence-corrected chi connectivity index (χ0v) is 12.1. The lowest BCUT2D eigenvalue weighted by atomic mass is 10.0. The molecule has 1 fully saturated rings. The Labute approximate surface area is 131 Å². The number of hydrogen-bond donors (Lipinski definition) is 1. The van der Waals surface area contributed by atoms with Crippen molar-refractivity contribution in [1.82, 2.24) is 4.57 Å². The van der Waals surface area contributed by atoms with Gasteiger partial charge in [-0.15, -0.1) is 0 Å². The van der Waals surface area contributed by atoms with E-state index in [2.05, 4.69) is 0 Å². The summed E-state index contributed by atoms with van der Waals surface area (Å²) in [4.78, 5) is 34.5. The van der Waals surface area contributed by atoms with Crippen molar-refractivity contribution < 1.29 is 19.1 Å². The number of carbonyl (C=O) groups excluding carboxylic acids is 1. The van der Waals surface area contributed by atoms with Crippen LogP contribution in [0.1, 0.15) is 12.0 Å². The summed E-state index contributed by atoms with van der Waals surface area (Å²) in [7, 11) is 0. The highest BCUT2D eigenvalue weighted by Gasteiger charge is 2.47. The van der Waals surface area contributed by atoms with Crippen LogP contribution >= 0.6 is 0 Å². The second kappa shape index (κ2) is 5.79. The molecule has 1 saturated carbocycles. The van der Waals surface area contributed by atoms with E-state index in [1.807, 2.05) is 0 Å². The number of nitrogens with zero attached hydrogens (tertiary/aromatic N) is 1. The maximum atomic E-state index is 14.2. The zero-order valence-electron chi connectivity index (χ0n) is 12.1. The first-order chi connectivity index (χ1) is 11.0. The van der Waals surface area contributed by atoms with Gasteiger partial charge in [0.2, 0.25) is 0 Å². The molecule has 23 heavy (non-hydrogen) atoms. The molecule has 6 heteroatoms. The minimum absolute atomic E-state index is 0.135. The summed E-state index contributed by atoms with van der Waals surface area (Å²) in [6.45, 7) is 0. The molecular formula is C17H14FNO4. The van der Waals surface area contributed by atoms with Gasteiger partial charge >= 0.3 is 5.97 Å². The molecule has 0 spiro atoms. The van der Waals surface area contributed by atoms with Crippen molar-refractivity contribution >= 4 is 11.8 Å². The Hall–Kier alpha value is -2.76. The summed E-state index contributed by atoms with van der Waals surface area (Å²) in [5, 5.41) is 8.82. The van der Waals surface area contributed by atoms with E-state index in [-0.39, 0.29) is 23.3 Å². The number of Topliss-reactive ketones (excluding diaryl/α,β-unsaturated/α-hetero) is 1. The monoisotopic (exact) mass is 315 g/mol. The number of carboxylic acid groups (broad SMARTS) is 1. The molecule has 1 heterocycles. The Morgan fingerprint density at radius 1 is 1.22 bits per heavy atom. The number of pyridine rings is 1. The molecule has 0 saturated heterocycles. The molecule has 1 aromatic carbocycles. The maximum absolute atomic E-state index is 14.2. The number of rotatable bonds is 5. The van der Waals surface area contributed by atoms with Crippen molar-refractivity contribution in [2.75, 3.05) is 0 Å². The summed E-state index contributed by atoms with van der Waals surface area (Å²) >= 11 is 0. The zero-order chi connectivity index (χ0) is 16.6. The van der Waals surface area contributed by atoms with Gasteiger partial charge in [0, 0.05) is 24.6 Å². The molecule has 1 aromatic heterocycles. The predicted octanol–water partition coefficient (Wildman–Crippen LogP) is 1.81. The van der Waals surface area contributed by atoms with Crippen LogP contribution in [0, 0.1) is 17.7 Å². The third kappa shape index (κ3) is 3.06. The Balaban J connectivity index is 1.78. The van der Waals surface area contributed by atoms with E-state index in [1.165, 1.54) is 29.0 Å². The normalized spacial score (nSPS) is 19.3. The lowest BCUT2D eigenvalue weighted by Crippen LogP contribution is -2.16. The maximum Gasteiger partial charge on any atom is 0.307 e. The summed E-state index contributed by atoms with van der Waals surface area (Å²) in [5.74, 6) is -2.97. The minimum atomic E-state index is -0.984. The topological polar surface area (TPSA) is 76.4 Å². The van der Waals surface area contributed by atoms with Gasteiger partial charge in [0.1, 0.15) is 11.6 Å². The molecule has 2 aromatic rings. The van der Waals surface area contributed by atoms with Gasteiger partial charge in [-0.2, -0.15) is 0 Å². The van der Waals surface area contributed by atoms with Crippen molar-refractivity contribution in [1.29, 1.82) is 0 Å². The van der Waals surface area contributed by atoms with Gasteiger partial charge in [-0.3, -0.25) is 19.0 Å². The van der Waals surface area contributed by atoms with Crippen molar-refractivity contribution in [3.05, 3.63) is 64.3 Å². The molecule has 1 aliphatic rings. The quantitative estimate of drug-likeness (QED) is 0.913. The third-order valence-corrected chi connectivity index (χ3v) is 4.02. The number of carbonyl (C=O) groups is 2. The lowest BCUT2D eigenvalue weighted by Gasteiger charge is -2.08. The highest BCUT2D eigenvalue weighted by atomic mass is 19.1. The van der Waals surface area contributed by atoms with Crippen LogP contribution in [0.3, 0.4) is 0 Å². The predicted molar refractivity (Wildman–Crippen MR) is 79.9 cm³/mol. The molecule has 1 N–H and O–H groups in total. The van der Waals surface area contributed by atoms with Gasteiger partial charge in [-0.1, -0.05) is 12.1 Å². The van der Waals surface area contributed by atoms with Crippen LogP contribution in [0.15, 0.2) is 47.4 Å². The minimum Gasteiger partial charge on any atom is -0.481 e. The Kier molecular flexibility index (Phi) is 3.82. The number of hydrogen-bond acceptors (Lipinski definition) is 3. The first-order valence-electron chi connectivity index (χ1n) is 7.19. The molecule has 5 nitrogen and oxygen atoms in total. The fourth-order valence-electron chi connectivity index (χ4n) is 2.61. The SMILES string of the molecule is O=C(Cc1ccc(-n2ccccc2=O)cc1F)[C@H]1C[C@H]1C(=O)O. The van der Waals surface area contributed by atoms with Crippen molar-refractivity contribution in [3.63, 3.8) is 0 Å². The van der Waals surface area contributed by atoms with Gasteiger partial charge in [0.15, 0.2) is 0 Å². The van der Waals surface area contributed by atoms with Crippen molar-refractivity contribution in [3.8, 4) is 5.69 Å². The average Bonchev–Trinajstić information content (AvgIpc) is 3.30. The van der Waals surface area contributed by atoms with Gasteiger partial charge in [-0.05, 0) is 30.2 Å². The molecule has 118 valence electrons. The summed E-state index contributed by atoms with van der Waals surface area (Å²) in [5.41, 5.74) is 0.302. The molecule has 0 bridgehead atoms. The third-order valence-electron chi connectivity index (χ3n) is 4.02. The van der Waals surface area contributed by atoms with E-state index < -0.39 is 23.6 Å². The smallest absolute Gasteiger partial charge is 0.307 e. The van der Waals surface area contributed by atoms with Crippen molar-refractivity contribution in [2.24, 2.45) is 11.8 Å². The molecule has 0 radical (unpaired) electrons. The first-order valence-corrected chi connectivity index (χ1v) is 7.19. The first kappa shape index (κ1) is 15.1. The molecule has 2 atom stereocenters. The second-order valence-corrected chi connectivity index (χ2v) is 5.61. The van der Waals surface area contributed by atoms with E-state index in [0.29, 0.717) is 12.1 Å². The van der Waals surface area contributed by atoms with Crippen LogP contribution in [-0.4, -0.2) is 21.4 Å². The fourth-order valence-corrected chi connectivity index (χ4v) is 2.61. The summed E-state index contributed by atoms with van der Waals surface area (Å²) < 4.78 is 15.5. The van der Waals surface area contributed by atoms with Gasteiger partial charge < -0.3 is 5.11 Å². The van der Waals surface area contributed by atoms with Crippen molar-refractivity contribution in [2.45, 2.75) is 12.8 Å². The molecule has 0 aliphatic heterocycles. The standard InChI is InChI=1S/C17H14FNO4/c18-14-8-11(19-6-2-1-3-16(19)21)5-4-10(14)7-15(20)12-9-13(12)17(22)23/h1-6,8,12-13H,7,9H2,(H,22,23)/t12-,13+/m0/s1. The van der Waals surface area contributed by atoms with Crippen LogP contribution in [0.2, 0.25) is 0 Å². The summed E-state index contributed by atoms with van der Waals surface area (Å²) in [6.07, 6.45) is 1.72. The number of aliphatic carboxylic acids is 1. The van der Waals surface area contributed by atoms with Gasteiger partial charge in [0.25, 0.3) is 5.56 Å². The molecular weight excluding hydrogens is 301 g/mol. The Morgan fingerprint density at radius 2 is 2.00 bits per heavy atom. The van der Waals surface area contributed by atoms with E-state index in [4.69, 9.17) is 5.11 Å². The van der Waals surface area contributed by atoms with Crippen LogP contribution in [0.5, 0.6) is 0 Å². The number of ketones is 1. The van der Waals surface area contributed by atoms with Crippen LogP contribution < -0.4 is 5.56 Å². The number of halogens is 1. The van der Waals surface area contributed by atoms with E-state index in [0.717, 1.165) is 0 Å². The van der Waals surface area contributed by atoms with E-state index >= 15 is 0 Å². The van der Waals surface area contributed by atoms with Crippen LogP contribution in [0.4, 0.5) is 4.39 Å². The fraction of sp³-hybridized carbons (Fsp3) is 0.235. The van der Waals surface area contributed by atoms with Gasteiger partial charge in [-0.25, -0.2) is 4.39 Å². The summed E-state index contributed by atoms with van der Waals surface area (Å²) in [6, 6.07) is 8.85.